The monoisotopic (exact) mass is 260 g/mol. The van der Waals surface area contributed by atoms with E-state index in [1.807, 2.05) is 24.3 Å². The molecule has 0 atom stereocenters. The van der Waals surface area contributed by atoms with Crippen molar-refractivity contribution in [3.05, 3.63) is 35.9 Å². The fourth-order valence-electron chi connectivity index (χ4n) is 1.70. The lowest BCUT2D eigenvalue weighted by atomic mass is 10.2. The molecular weight excluding hydrogens is 240 g/mol. The highest BCUT2D eigenvalue weighted by molar-refractivity contribution is 5.91. The predicted molar refractivity (Wildman–Crippen MR) is 76.1 cm³/mol. The summed E-state index contributed by atoms with van der Waals surface area (Å²) in [5.41, 5.74) is 0.979. The van der Waals surface area contributed by atoms with Gasteiger partial charge in [-0.25, -0.2) is 0 Å². The Morgan fingerprint density at radius 3 is 2.68 bits per heavy atom. The largest absolute Gasteiger partial charge is 0.497 e. The molecule has 0 saturated heterocycles. The zero-order valence-corrected chi connectivity index (χ0v) is 11.2. The molecule has 1 aliphatic carbocycles. The molecule has 2 N–H and O–H groups in total. The van der Waals surface area contributed by atoms with Gasteiger partial charge in [-0.3, -0.25) is 4.79 Å². The minimum absolute atomic E-state index is 0.0617. The second kappa shape index (κ2) is 6.95. The summed E-state index contributed by atoms with van der Waals surface area (Å²) in [5.74, 6) is 0.751. The van der Waals surface area contributed by atoms with E-state index in [-0.39, 0.29) is 5.91 Å². The predicted octanol–water partition coefficient (Wildman–Crippen LogP) is 1.58. The van der Waals surface area contributed by atoms with Gasteiger partial charge in [-0.15, -0.1) is 0 Å². The van der Waals surface area contributed by atoms with Gasteiger partial charge in [-0.1, -0.05) is 12.1 Å². The Bertz CT molecular complexity index is 436. The van der Waals surface area contributed by atoms with Gasteiger partial charge >= 0.3 is 0 Å². The molecule has 4 heteroatoms. The summed E-state index contributed by atoms with van der Waals surface area (Å²) < 4.78 is 5.07. The number of nitrogens with one attached hydrogen (secondary N) is 2. The van der Waals surface area contributed by atoms with E-state index in [1.54, 1.807) is 19.3 Å². The highest BCUT2D eigenvalue weighted by atomic mass is 16.5. The van der Waals surface area contributed by atoms with Crippen molar-refractivity contribution in [2.75, 3.05) is 20.2 Å². The van der Waals surface area contributed by atoms with Gasteiger partial charge in [-0.05, 0) is 36.6 Å². The van der Waals surface area contributed by atoms with Gasteiger partial charge in [0.2, 0.25) is 5.91 Å². The lowest BCUT2D eigenvalue weighted by molar-refractivity contribution is -0.116. The molecule has 1 aromatic rings. The Hall–Kier alpha value is -1.81. The van der Waals surface area contributed by atoms with Crippen LogP contribution in [-0.2, 0) is 4.79 Å². The van der Waals surface area contributed by atoms with Crippen LogP contribution in [0.15, 0.2) is 30.3 Å². The summed E-state index contributed by atoms with van der Waals surface area (Å²) in [6.45, 7) is 1.51. The molecule has 0 aliphatic heterocycles. The molecule has 4 nitrogen and oxygen atoms in total. The number of amides is 1. The second-order valence-electron chi connectivity index (χ2n) is 4.63. The van der Waals surface area contributed by atoms with Crippen LogP contribution in [0.25, 0.3) is 6.08 Å². The minimum atomic E-state index is -0.0617. The number of hydrogen-bond donors (Lipinski definition) is 2. The van der Waals surface area contributed by atoms with Gasteiger partial charge in [0.25, 0.3) is 0 Å². The van der Waals surface area contributed by atoms with Crippen LogP contribution in [0.5, 0.6) is 5.75 Å². The molecule has 0 spiro atoms. The number of rotatable bonds is 7. The maximum atomic E-state index is 11.5. The summed E-state index contributed by atoms with van der Waals surface area (Å²) in [4.78, 5) is 11.5. The van der Waals surface area contributed by atoms with Gasteiger partial charge in [-0.2, -0.15) is 0 Å². The van der Waals surface area contributed by atoms with E-state index in [9.17, 15) is 4.79 Å². The van der Waals surface area contributed by atoms with Crippen LogP contribution >= 0.6 is 0 Å². The summed E-state index contributed by atoms with van der Waals surface area (Å²) in [6, 6.07) is 8.26. The van der Waals surface area contributed by atoms with Crippen molar-refractivity contribution in [3.8, 4) is 5.75 Å². The van der Waals surface area contributed by atoms with Crippen molar-refractivity contribution in [3.63, 3.8) is 0 Å². The number of hydrogen-bond acceptors (Lipinski definition) is 3. The maximum absolute atomic E-state index is 11.5. The standard InChI is InChI=1S/C15H20N2O2/c1-19-14-7-2-12(3-8-14)4-9-15(18)17-11-10-16-13-5-6-13/h2-4,7-9,13,16H,5-6,10-11H2,1H3,(H,17,18)/b9-4+. The quantitative estimate of drug-likeness (QED) is 0.578. The van der Waals surface area contributed by atoms with E-state index in [0.29, 0.717) is 12.6 Å². The fraction of sp³-hybridized carbons (Fsp3) is 0.400. The lowest BCUT2D eigenvalue weighted by Crippen LogP contribution is -2.31. The number of ether oxygens (including phenoxy) is 1. The van der Waals surface area contributed by atoms with Crippen LogP contribution in [0.4, 0.5) is 0 Å². The zero-order chi connectivity index (χ0) is 13.5. The molecule has 1 fully saturated rings. The smallest absolute Gasteiger partial charge is 0.244 e. The van der Waals surface area contributed by atoms with Crippen molar-refractivity contribution in [1.82, 2.24) is 10.6 Å². The van der Waals surface area contributed by atoms with Gasteiger partial charge in [0.05, 0.1) is 7.11 Å². The van der Waals surface area contributed by atoms with Crippen molar-refractivity contribution >= 4 is 12.0 Å². The van der Waals surface area contributed by atoms with Crippen LogP contribution < -0.4 is 15.4 Å². The second-order valence-corrected chi connectivity index (χ2v) is 4.63. The van der Waals surface area contributed by atoms with Crippen molar-refractivity contribution < 1.29 is 9.53 Å². The van der Waals surface area contributed by atoms with E-state index >= 15 is 0 Å². The van der Waals surface area contributed by atoms with Gasteiger partial charge in [0.15, 0.2) is 0 Å². The molecule has 0 radical (unpaired) electrons. The third kappa shape index (κ3) is 5.14. The lowest BCUT2D eigenvalue weighted by Gasteiger charge is -2.03. The summed E-state index contributed by atoms with van der Waals surface area (Å²) in [5, 5.41) is 6.19. The Kier molecular flexibility index (Phi) is 4.98. The van der Waals surface area contributed by atoms with Gasteiger partial charge in [0, 0.05) is 25.2 Å². The maximum Gasteiger partial charge on any atom is 0.244 e. The SMILES string of the molecule is COc1ccc(/C=C/C(=O)NCCNC2CC2)cc1. The van der Waals surface area contributed by atoms with Crippen LogP contribution in [0.1, 0.15) is 18.4 Å². The zero-order valence-electron chi connectivity index (χ0n) is 11.2. The third-order valence-corrected chi connectivity index (χ3v) is 2.98. The third-order valence-electron chi connectivity index (χ3n) is 2.98. The van der Waals surface area contributed by atoms with Crippen LogP contribution in [0.2, 0.25) is 0 Å². The summed E-state index contributed by atoms with van der Waals surface area (Å²) in [6.07, 6.45) is 5.89. The van der Waals surface area contributed by atoms with Crippen LogP contribution in [0, 0.1) is 0 Å². The highest BCUT2D eigenvalue weighted by Gasteiger charge is 2.19. The minimum Gasteiger partial charge on any atom is -0.497 e. The molecule has 0 aromatic heterocycles. The van der Waals surface area contributed by atoms with E-state index < -0.39 is 0 Å². The van der Waals surface area contributed by atoms with E-state index in [1.165, 1.54) is 12.8 Å². The van der Waals surface area contributed by atoms with Crippen LogP contribution in [0.3, 0.4) is 0 Å². The van der Waals surface area contributed by atoms with Gasteiger partial charge in [0.1, 0.15) is 5.75 Å². The summed E-state index contributed by atoms with van der Waals surface area (Å²) in [7, 11) is 1.63. The Morgan fingerprint density at radius 1 is 1.32 bits per heavy atom. The summed E-state index contributed by atoms with van der Waals surface area (Å²) >= 11 is 0. The molecule has 0 heterocycles. The molecule has 1 aliphatic rings. The first kappa shape index (κ1) is 13.6. The van der Waals surface area contributed by atoms with Crippen molar-refractivity contribution in [2.45, 2.75) is 18.9 Å². The molecule has 1 saturated carbocycles. The molecule has 1 aromatic carbocycles. The van der Waals surface area contributed by atoms with Crippen molar-refractivity contribution in [2.24, 2.45) is 0 Å². The average Bonchev–Trinajstić information content (AvgIpc) is 3.26. The number of carbonyl (C=O) groups is 1. The molecule has 19 heavy (non-hydrogen) atoms. The normalized spacial score (nSPS) is 14.6. The van der Waals surface area contributed by atoms with E-state index in [4.69, 9.17) is 4.74 Å². The highest BCUT2D eigenvalue weighted by Crippen LogP contribution is 2.17. The topological polar surface area (TPSA) is 50.4 Å². The first-order chi connectivity index (χ1) is 9.28. The molecular formula is C15H20N2O2. The molecule has 102 valence electrons. The Morgan fingerprint density at radius 2 is 2.05 bits per heavy atom. The Balaban J connectivity index is 1.68. The van der Waals surface area contributed by atoms with Crippen molar-refractivity contribution in [1.29, 1.82) is 0 Å². The van der Waals surface area contributed by atoms with Gasteiger partial charge < -0.3 is 15.4 Å². The average molecular weight is 260 g/mol. The Labute approximate surface area is 113 Å². The molecule has 0 unspecified atom stereocenters. The number of methoxy groups -OCH3 is 1. The number of carbonyl (C=O) groups excluding carboxylic acids is 1. The van der Waals surface area contributed by atoms with Crippen LogP contribution in [-0.4, -0.2) is 32.1 Å². The molecule has 0 bridgehead atoms. The first-order valence-electron chi connectivity index (χ1n) is 6.61. The molecule has 2 rings (SSSR count). The fourth-order valence-corrected chi connectivity index (χ4v) is 1.70. The number of benzene rings is 1. The van der Waals surface area contributed by atoms with E-state index in [2.05, 4.69) is 10.6 Å². The molecule has 1 amide bonds. The first-order valence-corrected chi connectivity index (χ1v) is 6.61. The van der Waals surface area contributed by atoms with E-state index in [0.717, 1.165) is 17.9 Å².